The minimum atomic E-state index is -0.642. The molecular weight excluding hydrogens is 481 g/mol. The highest BCUT2D eigenvalue weighted by Crippen LogP contribution is 2.33. The molecule has 6 rings (SSSR count). The third-order valence-electron chi connectivity index (χ3n) is 6.43. The Balaban J connectivity index is 1.37. The minimum Gasteiger partial charge on any atom is -0.374 e. The Labute approximate surface area is 218 Å². The summed E-state index contributed by atoms with van der Waals surface area (Å²) in [5.41, 5.74) is 7.16. The number of halogens is 1. The fourth-order valence-corrected chi connectivity index (χ4v) is 4.63. The zero-order valence-corrected chi connectivity index (χ0v) is 20.9. The van der Waals surface area contributed by atoms with Crippen molar-refractivity contribution in [2.24, 2.45) is 5.92 Å². The zero-order chi connectivity index (χ0) is 26.2. The van der Waals surface area contributed by atoms with Gasteiger partial charge >= 0.3 is 0 Å². The number of fused-ring (bicyclic) bond motifs is 2. The van der Waals surface area contributed by atoms with Gasteiger partial charge in [0.1, 0.15) is 23.3 Å². The highest BCUT2D eigenvalue weighted by atomic mass is 19.1. The molecule has 0 saturated carbocycles. The number of hydrogen-bond donors (Lipinski definition) is 4. The highest BCUT2D eigenvalue weighted by Gasteiger charge is 2.17. The standard InChI is InChI=1S/C29H26FN7O/c1-16(2)11-25(38)33-21-12-19(14-31-15-21)18-5-8-24-23(13-18)27(37-36-24)29-34-26-22(9-10-32-28(26)35-29)17-3-6-20(30)7-4-17/h3-10,12-16,25,33,38H,11H2,1-2H3,(H,36,37)(H,32,34,35). The Bertz CT molecular complexity index is 1740. The van der Waals surface area contributed by atoms with Gasteiger partial charge in [0.25, 0.3) is 0 Å². The van der Waals surface area contributed by atoms with Gasteiger partial charge in [-0.3, -0.25) is 10.1 Å². The van der Waals surface area contributed by atoms with E-state index in [-0.39, 0.29) is 5.82 Å². The molecule has 0 radical (unpaired) electrons. The maximum atomic E-state index is 13.5. The van der Waals surface area contributed by atoms with E-state index in [9.17, 15) is 9.50 Å². The van der Waals surface area contributed by atoms with Gasteiger partial charge in [0, 0.05) is 28.9 Å². The summed E-state index contributed by atoms with van der Waals surface area (Å²) in [6, 6.07) is 16.2. The van der Waals surface area contributed by atoms with Crippen molar-refractivity contribution in [2.75, 3.05) is 5.32 Å². The van der Waals surface area contributed by atoms with E-state index in [4.69, 9.17) is 4.98 Å². The Morgan fingerprint density at radius 2 is 1.79 bits per heavy atom. The van der Waals surface area contributed by atoms with Gasteiger partial charge in [-0.05, 0) is 59.9 Å². The normalized spacial score (nSPS) is 12.4. The van der Waals surface area contributed by atoms with Crippen LogP contribution in [0.4, 0.5) is 10.1 Å². The van der Waals surface area contributed by atoms with Crippen molar-refractivity contribution >= 4 is 27.8 Å². The van der Waals surface area contributed by atoms with Gasteiger partial charge in [0.2, 0.25) is 0 Å². The molecule has 8 nitrogen and oxygen atoms in total. The maximum absolute atomic E-state index is 13.5. The lowest BCUT2D eigenvalue weighted by Gasteiger charge is -2.16. The summed E-state index contributed by atoms with van der Waals surface area (Å²) >= 11 is 0. The van der Waals surface area contributed by atoms with Crippen LogP contribution in [0.15, 0.2) is 73.2 Å². The molecule has 0 spiro atoms. The summed E-state index contributed by atoms with van der Waals surface area (Å²) in [6.45, 7) is 4.14. The third kappa shape index (κ3) is 4.59. The van der Waals surface area contributed by atoms with E-state index in [1.807, 2.05) is 30.3 Å². The molecule has 4 aromatic heterocycles. The number of pyridine rings is 2. The Kier molecular flexibility index (Phi) is 6.05. The average Bonchev–Trinajstić information content (AvgIpc) is 3.52. The van der Waals surface area contributed by atoms with Gasteiger partial charge in [-0.1, -0.05) is 32.0 Å². The number of H-pyrrole nitrogens is 2. The summed E-state index contributed by atoms with van der Waals surface area (Å²) in [5.74, 6) is 0.662. The summed E-state index contributed by atoms with van der Waals surface area (Å²) in [7, 11) is 0. The molecule has 0 bridgehead atoms. The van der Waals surface area contributed by atoms with Crippen molar-refractivity contribution < 1.29 is 9.50 Å². The largest absolute Gasteiger partial charge is 0.374 e. The van der Waals surface area contributed by atoms with E-state index in [1.54, 1.807) is 30.7 Å². The van der Waals surface area contributed by atoms with Crippen LogP contribution >= 0.6 is 0 Å². The molecule has 1 atom stereocenters. The van der Waals surface area contributed by atoms with E-state index < -0.39 is 6.23 Å². The predicted octanol–water partition coefficient (Wildman–Crippen LogP) is 6.15. The second kappa shape index (κ2) is 9.68. The van der Waals surface area contributed by atoms with Crippen LogP contribution in [0.2, 0.25) is 0 Å². The molecule has 0 aliphatic heterocycles. The first-order chi connectivity index (χ1) is 18.4. The molecule has 0 amide bonds. The van der Waals surface area contributed by atoms with E-state index >= 15 is 0 Å². The highest BCUT2D eigenvalue weighted by molar-refractivity contribution is 5.97. The van der Waals surface area contributed by atoms with Crippen molar-refractivity contribution in [1.82, 2.24) is 30.1 Å². The van der Waals surface area contributed by atoms with Crippen LogP contribution in [0.3, 0.4) is 0 Å². The Morgan fingerprint density at radius 3 is 2.61 bits per heavy atom. The topological polar surface area (TPSA) is 115 Å². The summed E-state index contributed by atoms with van der Waals surface area (Å²) < 4.78 is 13.5. The third-order valence-corrected chi connectivity index (χ3v) is 6.43. The number of aliphatic hydroxyl groups is 1. The first kappa shape index (κ1) is 23.7. The number of aromatic amines is 2. The number of aliphatic hydroxyl groups excluding tert-OH is 1. The number of anilines is 1. The van der Waals surface area contributed by atoms with E-state index in [0.29, 0.717) is 35.0 Å². The van der Waals surface area contributed by atoms with Crippen molar-refractivity contribution in [1.29, 1.82) is 0 Å². The number of rotatable bonds is 7. The van der Waals surface area contributed by atoms with Crippen LogP contribution < -0.4 is 5.32 Å². The smallest absolute Gasteiger partial charge is 0.160 e. The van der Waals surface area contributed by atoms with Crippen molar-refractivity contribution in [3.63, 3.8) is 0 Å². The van der Waals surface area contributed by atoms with Crippen LogP contribution in [-0.4, -0.2) is 41.5 Å². The monoisotopic (exact) mass is 507 g/mol. The Morgan fingerprint density at radius 1 is 0.974 bits per heavy atom. The van der Waals surface area contributed by atoms with Gasteiger partial charge in [-0.15, -0.1) is 0 Å². The second-order valence-corrected chi connectivity index (χ2v) is 9.73. The molecule has 0 saturated heterocycles. The van der Waals surface area contributed by atoms with E-state index in [0.717, 1.165) is 38.8 Å². The number of nitrogens with one attached hydrogen (secondary N) is 3. The molecule has 0 fully saturated rings. The van der Waals surface area contributed by atoms with Gasteiger partial charge in [-0.25, -0.2) is 14.4 Å². The molecule has 2 aromatic carbocycles. The molecule has 6 aromatic rings. The SMILES string of the molecule is CC(C)CC(O)Nc1cncc(-c2ccc3[nH]nc(-c4nc5c(-c6ccc(F)cc6)ccnc5[nH]4)c3c2)c1. The first-order valence-electron chi connectivity index (χ1n) is 12.4. The first-order valence-corrected chi connectivity index (χ1v) is 12.4. The number of nitrogens with zero attached hydrogens (tertiary/aromatic N) is 4. The lowest BCUT2D eigenvalue weighted by molar-refractivity contribution is 0.176. The lowest BCUT2D eigenvalue weighted by atomic mass is 10.0. The van der Waals surface area contributed by atoms with E-state index in [2.05, 4.69) is 44.3 Å². The molecule has 9 heteroatoms. The van der Waals surface area contributed by atoms with Crippen LogP contribution in [-0.2, 0) is 0 Å². The molecule has 4 heterocycles. The molecule has 0 aliphatic carbocycles. The van der Waals surface area contributed by atoms with Crippen molar-refractivity contribution in [2.45, 2.75) is 26.5 Å². The van der Waals surface area contributed by atoms with Gasteiger partial charge < -0.3 is 15.4 Å². The second-order valence-electron chi connectivity index (χ2n) is 9.73. The van der Waals surface area contributed by atoms with Crippen LogP contribution in [0.1, 0.15) is 20.3 Å². The van der Waals surface area contributed by atoms with Crippen LogP contribution in [0.25, 0.3) is 55.8 Å². The van der Waals surface area contributed by atoms with Gasteiger partial charge in [-0.2, -0.15) is 5.10 Å². The Hall–Kier alpha value is -4.63. The van der Waals surface area contributed by atoms with Gasteiger partial charge in [0.05, 0.1) is 17.4 Å². The molecule has 38 heavy (non-hydrogen) atoms. The average molecular weight is 508 g/mol. The number of imidazole rings is 1. The number of benzene rings is 2. The van der Waals surface area contributed by atoms with Crippen molar-refractivity contribution in [3.8, 4) is 33.8 Å². The molecule has 190 valence electrons. The van der Waals surface area contributed by atoms with Crippen molar-refractivity contribution in [3.05, 3.63) is 79.0 Å². The van der Waals surface area contributed by atoms with Crippen LogP contribution in [0.5, 0.6) is 0 Å². The lowest BCUT2D eigenvalue weighted by Crippen LogP contribution is -2.20. The molecule has 4 N–H and O–H groups in total. The predicted molar refractivity (Wildman–Crippen MR) is 147 cm³/mol. The summed E-state index contributed by atoms with van der Waals surface area (Å²) in [4.78, 5) is 16.9. The molecule has 1 unspecified atom stereocenters. The summed E-state index contributed by atoms with van der Waals surface area (Å²) in [5, 5.41) is 21.9. The summed E-state index contributed by atoms with van der Waals surface area (Å²) in [6.07, 6.45) is 5.20. The number of aromatic nitrogens is 6. The molecule has 0 aliphatic rings. The van der Waals surface area contributed by atoms with E-state index in [1.165, 1.54) is 12.1 Å². The number of hydrogen-bond acceptors (Lipinski definition) is 6. The van der Waals surface area contributed by atoms with Crippen LogP contribution in [0, 0.1) is 11.7 Å². The van der Waals surface area contributed by atoms with Gasteiger partial charge in [0.15, 0.2) is 11.5 Å². The fourth-order valence-electron chi connectivity index (χ4n) is 4.63. The minimum absolute atomic E-state index is 0.288. The maximum Gasteiger partial charge on any atom is 0.160 e. The molecular formula is C29H26FN7O. The fraction of sp³-hybridized carbons (Fsp3) is 0.172. The zero-order valence-electron chi connectivity index (χ0n) is 20.9. The quantitative estimate of drug-likeness (QED) is 0.193.